The van der Waals surface area contributed by atoms with Crippen LogP contribution in [0.15, 0.2) is 18.2 Å². The van der Waals surface area contributed by atoms with Crippen LogP contribution in [0.2, 0.25) is 0 Å². The number of imide groups is 1. The Morgan fingerprint density at radius 2 is 2.12 bits per heavy atom. The maximum atomic E-state index is 12.3. The molecule has 8 nitrogen and oxygen atoms in total. The minimum atomic E-state index is -1.02. The Morgan fingerprint density at radius 3 is 2.73 bits per heavy atom. The second kappa shape index (κ2) is 7.05. The van der Waals surface area contributed by atoms with E-state index in [-0.39, 0.29) is 20.0 Å². The number of amides is 4. The molecule has 0 aromatic carbocycles. The summed E-state index contributed by atoms with van der Waals surface area (Å²) >= 11 is 0. The molecule has 9 heteroatoms. The molecule has 0 radical (unpaired) electrons. The Labute approximate surface area is 152 Å². The highest BCUT2D eigenvalue weighted by Gasteiger charge is 2.46. The molecule has 0 saturated carbocycles. The summed E-state index contributed by atoms with van der Waals surface area (Å²) in [6.07, 6.45) is 0.454. The standard InChI is InChI=1S/C17H22N5O3P/c1-4-17(15(24)20-16(25)21-17)13-9-11-12(26-13)6-5-10(19-11)14(23)18-7-8-22(2)3/h5-6,9,26H,4,7-8H2,1-3H3,(H,18,23)(H2,20,21,24,25)/t17-/m0/s1. The summed E-state index contributed by atoms with van der Waals surface area (Å²) in [5, 5.41) is 9.67. The summed E-state index contributed by atoms with van der Waals surface area (Å²) in [6, 6.07) is 4.90. The number of hydrogen-bond acceptors (Lipinski definition) is 5. The summed E-state index contributed by atoms with van der Waals surface area (Å²) in [6.45, 7) is 3.14. The van der Waals surface area contributed by atoms with E-state index in [1.165, 1.54) is 0 Å². The van der Waals surface area contributed by atoms with E-state index in [1.807, 2.05) is 38.1 Å². The van der Waals surface area contributed by atoms with Crippen LogP contribution in [0, 0.1) is 0 Å². The summed E-state index contributed by atoms with van der Waals surface area (Å²) < 4.78 is 0. The van der Waals surface area contributed by atoms with E-state index in [1.54, 1.807) is 6.07 Å². The molecule has 3 heterocycles. The smallest absolute Gasteiger partial charge is 0.322 e. The van der Waals surface area contributed by atoms with Gasteiger partial charge in [-0.1, -0.05) is 6.92 Å². The topological polar surface area (TPSA) is 103 Å². The van der Waals surface area contributed by atoms with Crippen molar-refractivity contribution >= 4 is 36.7 Å². The van der Waals surface area contributed by atoms with Crippen molar-refractivity contribution < 1.29 is 14.4 Å². The minimum Gasteiger partial charge on any atom is -0.349 e. The molecular weight excluding hydrogens is 353 g/mol. The number of carbonyl (C=O) groups excluding carboxylic acids is 3. The molecule has 0 aliphatic carbocycles. The minimum absolute atomic E-state index is 0.225. The van der Waals surface area contributed by atoms with Crippen LogP contribution in [0.25, 0.3) is 10.6 Å². The first kappa shape index (κ1) is 18.4. The number of nitrogens with zero attached hydrogens (tertiary/aromatic N) is 2. The van der Waals surface area contributed by atoms with Gasteiger partial charge < -0.3 is 15.5 Å². The number of pyridine rings is 1. The Hall–Kier alpha value is -2.44. The third-order valence-electron chi connectivity index (χ3n) is 4.48. The zero-order chi connectivity index (χ0) is 18.9. The van der Waals surface area contributed by atoms with Crippen LogP contribution in [0.5, 0.6) is 0 Å². The third-order valence-corrected chi connectivity index (χ3v) is 6.02. The Bertz CT molecular complexity index is 878. The largest absolute Gasteiger partial charge is 0.349 e. The number of nitrogens with one attached hydrogen (secondary N) is 3. The molecule has 2 aromatic heterocycles. The van der Waals surface area contributed by atoms with Crippen LogP contribution in [-0.4, -0.2) is 54.9 Å². The van der Waals surface area contributed by atoms with Gasteiger partial charge in [0.1, 0.15) is 11.2 Å². The molecule has 0 spiro atoms. The first-order valence-electron chi connectivity index (χ1n) is 8.42. The molecule has 1 fully saturated rings. The molecule has 1 saturated heterocycles. The van der Waals surface area contributed by atoms with Crippen molar-refractivity contribution in [2.24, 2.45) is 0 Å². The number of rotatable bonds is 6. The van der Waals surface area contributed by atoms with Crippen molar-refractivity contribution in [2.45, 2.75) is 18.9 Å². The number of urea groups is 1. The van der Waals surface area contributed by atoms with E-state index in [9.17, 15) is 14.4 Å². The highest BCUT2D eigenvalue weighted by molar-refractivity contribution is 7.38. The number of fused-ring (bicyclic) bond motifs is 1. The van der Waals surface area contributed by atoms with Gasteiger partial charge in [-0.3, -0.25) is 14.9 Å². The monoisotopic (exact) mass is 375 g/mol. The van der Waals surface area contributed by atoms with E-state index >= 15 is 0 Å². The number of carbonyl (C=O) groups is 3. The van der Waals surface area contributed by atoms with Crippen molar-refractivity contribution in [3.05, 3.63) is 29.2 Å². The molecule has 2 aromatic rings. The third kappa shape index (κ3) is 3.30. The number of likely N-dealkylation sites (N-methyl/N-ethyl adjacent to an activating group) is 1. The first-order chi connectivity index (χ1) is 12.4. The fourth-order valence-corrected chi connectivity index (χ4v) is 4.46. The van der Waals surface area contributed by atoms with Crippen LogP contribution >= 0.6 is 8.19 Å². The molecule has 0 bridgehead atoms. The maximum absolute atomic E-state index is 12.3. The van der Waals surface area contributed by atoms with Crippen LogP contribution in [0.4, 0.5) is 4.79 Å². The lowest BCUT2D eigenvalue weighted by Crippen LogP contribution is -2.42. The quantitative estimate of drug-likeness (QED) is 0.654. The lowest BCUT2D eigenvalue weighted by atomic mass is 9.94. The molecule has 138 valence electrons. The van der Waals surface area contributed by atoms with Gasteiger partial charge in [0.05, 0.1) is 5.52 Å². The predicted molar refractivity (Wildman–Crippen MR) is 101 cm³/mol. The molecule has 2 atom stereocenters. The average Bonchev–Trinajstić information content (AvgIpc) is 3.14. The fraction of sp³-hybridized carbons (Fsp3) is 0.412. The maximum Gasteiger partial charge on any atom is 0.322 e. The molecule has 1 aliphatic rings. The highest BCUT2D eigenvalue weighted by atomic mass is 31.0. The van der Waals surface area contributed by atoms with Crippen LogP contribution in [0.1, 0.15) is 29.1 Å². The van der Waals surface area contributed by atoms with Crippen LogP contribution in [0.3, 0.4) is 0 Å². The van der Waals surface area contributed by atoms with E-state index in [0.717, 1.165) is 17.0 Å². The Kier molecular flexibility index (Phi) is 4.98. The number of hydrogen-bond donors (Lipinski definition) is 3. The lowest BCUT2D eigenvalue weighted by Gasteiger charge is -2.23. The second-order valence-corrected chi connectivity index (χ2v) is 7.87. The molecule has 1 aliphatic heterocycles. The van der Waals surface area contributed by atoms with Crippen molar-refractivity contribution in [1.82, 2.24) is 25.8 Å². The Morgan fingerprint density at radius 1 is 1.35 bits per heavy atom. The van der Waals surface area contributed by atoms with Gasteiger partial charge in [0.2, 0.25) is 0 Å². The van der Waals surface area contributed by atoms with E-state index in [4.69, 9.17) is 0 Å². The second-order valence-electron chi connectivity index (χ2n) is 6.54. The van der Waals surface area contributed by atoms with Crippen molar-refractivity contribution in [1.29, 1.82) is 0 Å². The molecule has 4 amide bonds. The normalized spacial score (nSPS) is 20.0. The van der Waals surface area contributed by atoms with Gasteiger partial charge in [0.15, 0.2) is 0 Å². The van der Waals surface area contributed by atoms with Gasteiger partial charge in [-0.05, 0) is 38.7 Å². The molecule has 3 N–H and O–H groups in total. The summed E-state index contributed by atoms with van der Waals surface area (Å²) in [5.74, 6) is -0.560. The molecule has 26 heavy (non-hydrogen) atoms. The zero-order valence-electron chi connectivity index (χ0n) is 15.0. The van der Waals surface area contributed by atoms with Gasteiger partial charge in [0.25, 0.3) is 11.8 Å². The van der Waals surface area contributed by atoms with Crippen molar-refractivity contribution in [3.8, 4) is 0 Å². The SMILES string of the molecule is CC[C@@]1(c2cc3nc(C(=O)NCCN(C)C)ccc3[pH]2)NC(=O)NC1=O. The van der Waals surface area contributed by atoms with Gasteiger partial charge in [-0.25, -0.2) is 9.78 Å². The van der Waals surface area contributed by atoms with Gasteiger partial charge in [0, 0.05) is 23.5 Å². The molecule has 1 unspecified atom stereocenters. The van der Waals surface area contributed by atoms with Crippen LogP contribution < -0.4 is 16.0 Å². The predicted octanol–water partition coefficient (Wildman–Crippen LogP) is 1.00. The van der Waals surface area contributed by atoms with Crippen LogP contribution in [-0.2, 0) is 10.3 Å². The van der Waals surface area contributed by atoms with E-state index in [0.29, 0.717) is 24.2 Å². The van der Waals surface area contributed by atoms with E-state index in [2.05, 4.69) is 20.9 Å². The summed E-state index contributed by atoms with van der Waals surface area (Å²) in [7, 11) is 4.11. The first-order valence-corrected chi connectivity index (χ1v) is 9.42. The fourth-order valence-electron chi connectivity index (χ4n) is 2.97. The molecule has 3 rings (SSSR count). The molecular formula is C17H22N5O3P. The highest BCUT2D eigenvalue weighted by Crippen LogP contribution is 2.39. The average molecular weight is 375 g/mol. The number of aromatic nitrogens is 1. The van der Waals surface area contributed by atoms with Gasteiger partial charge >= 0.3 is 6.03 Å². The summed E-state index contributed by atoms with van der Waals surface area (Å²) in [4.78, 5) is 42.6. The van der Waals surface area contributed by atoms with E-state index < -0.39 is 11.6 Å². The lowest BCUT2D eigenvalue weighted by molar-refractivity contribution is -0.124. The van der Waals surface area contributed by atoms with Crippen molar-refractivity contribution in [2.75, 3.05) is 27.2 Å². The van der Waals surface area contributed by atoms with Gasteiger partial charge in [-0.2, -0.15) is 0 Å². The zero-order valence-corrected chi connectivity index (χ0v) is 16.0. The summed E-state index contributed by atoms with van der Waals surface area (Å²) in [5.41, 5.74) is 0.000280. The van der Waals surface area contributed by atoms with Gasteiger partial charge in [-0.15, -0.1) is 8.19 Å². The Balaban J connectivity index is 1.87. The van der Waals surface area contributed by atoms with Crippen molar-refractivity contribution in [3.63, 3.8) is 0 Å².